The lowest BCUT2D eigenvalue weighted by Gasteiger charge is -2.09. The SMILES string of the molecule is Nc1cc(N)cc(C(=O)OCCCCCCCOC(=O)/C=C/c2ccc(OC(=O)c3ccc(OC(F)(F)F)cc3)cc2)c1. The minimum atomic E-state index is -4.83. The molecule has 12 heteroatoms. The van der Waals surface area contributed by atoms with E-state index in [4.69, 9.17) is 25.7 Å². The highest BCUT2D eigenvalue weighted by Crippen LogP contribution is 2.23. The zero-order valence-electron chi connectivity index (χ0n) is 23.1. The molecule has 3 aromatic rings. The predicted octanol–water partition coefficient (Wildman–Crippen LogP) is 6.33. The van der Waals surface area contributed by atoms with Crippen LogP contribution in [0.5, 0.6) is 11.5 Å². The monoisotopic (exact) mass is 600 g/mol. The molecule has 43 heavy (non-hydrogen) atoms. The Bertz CT molecular complexity index is 1390. The van der Waals surface area contributed by atoms with Crippen molar-refractivity contribution in [3.8, 4) is 11.5 Å². The van der Waals surface area contributed by atoms with E-state index in [0.717, 1.165) is 43.5 Å². The standard InChI is InChI=1S/C31H31F3N2O7/c32-31(33,34)43-27-13-9-22(10-14-27)30(39)42-26-11-6-21(7-12-26)8-15-28(37)40-16-4-2-1-3-5-17-41-29(38)23-18-24(35)20-25(36)19-23/h6-15,18-20H,1-5,16-17,35-36H2/b15-8+. The number of nitrogens with two attached hydrogens (primary N) is 2. The number of ether oxygens (including phenoxy) is 4. The molecule has 0 fully saturated rings. The van der Waals surface area contributed by atoms with Crippen molar-refractivity contribution in [2.24, 2.45) is 0 Å². The second-order valence-corrected chi connectivity index (χ2v) is 9.32. The number of rotatable bonds is 14. The van der Waals surface area contributed by atoms with Gasteiger partial charge in [0.15, 0.2) is 0 Å². The van der Waals surface area contributed by atoms with Crippen LogP contribution >= 0.6 is 0 Å². The van der Waals surface area contributed by atoms with Crippen molar-refractivity contribution in [1.29, 1.82) is 0 Å². The molecule has 0 heterocycles. The summed E-state index contributed by atoms with van der Waals surface area (Å²) in [6, 6.07) is 15.2. The lowest BCUT2D eigenvalue weighted by Crippen LogP contribution is -2.17. The number of nitrogen functional groups attached to an aromatic ring is 2. The van der Waals surface area contributed by atoms with Crippen LogP contribution < -0.4 is 20.9 Å². The second-order valence-electron chi connectivity index (χ2n) is 9.32. The molecule has 0 spiro atoms. The van der Waals surface area contributed by atoms with Gasteiger partial charge in [-0.1, -0.05) is 31.4 Å². The minimum absolute atomic E-state index is 0.0446. The van der Waals surface area contributed by atoms with E-state index in [2.05, 4.69) is 4.74 Å². The van der Waals surface area contributed by atoms with E-state index in [0.29, 0.717) is 35.3 Å². The Morgan fingerprint density at radius 3 is 1.84 bits per heavy atom. The first-order valence-electron chi connectivity index (χ1n) is 13.3. The van der Waals surface area contributed by atoms with Gasteiger partial charge in [-0.25, -0.2) is 14.4 Å². The van der Waals surface area contributed by atoms with Gasteiger partial charge in [-0.2, -0.15) is 0 Å². The first kappa shape index (κ1) is 32.5. The van der Waals surface area contributed by atoms with E-state index in [1.165, 1.54) is 30.3 Å². The van der Waals surface area contributed by atoms with Crippen molar-refractivity contribution >= 4 is 35.4 Å². The highest BCUT2D eigenvalue weighted by molar-refractivity contribution is 5.92. The molecule has 3 rings (SSSR count). The Morgan fingerprint density at radius 2 is 1.23 bits per heavy atom. The molecule has 0 atom stereocenters. The number of anilines is 2. The Labute approximate surface area is 246 Å². The quantitative estimate of drug-likeness (QED) is 0.0714. The van der Waals surface area contributed by atoms with Crippen LogP contribution in [-0.4, -0.2) is 37.5 Å². The normalized spacial score (nSPS) is 11.2. The van der Waals surface area contributed by atoms with Crippen LogP contribution in [0.1, 0.15) is 58.4 Å². The molecule has 228 valence electrons. The van der Waals surface area contributed by atoms with Gasteiger partial charge in [0.1, 0.15) is 11.5 Å². The largest absolute Gasteiger partial charge is 0.573 e. The van der Waals surface area contributed by atoms with Crippen LogP contribution in [-0.2, 0) is 14.3 Å². The first-order chi connectivity index (χ1) is 20.5. The maximum Gasteiger partial charge on any atom is 0.573 e. The summed E-state index contributed by atoms with van der Waals surface area (Å²) in [4.78, 5) is 36.2. The van der Waals surface area contributed by atoms with Gasteiger partial charge in [0, 0.05) is 17.5 Å². The molecule has 0 saturated carbocycles. The number of hydrogen-bond donors (Lipinski definition) is 2. The molecule has 0 radical (unpaired) electrons. The summed E-state index contributed by atoms with van der Waals surface area (Å²) in [6.45, 7) is 0.557. The van der Waals surface area contributed by atoms with Crippen molar-refractivity contribution in [3.05, 3.63) is 89.5 Å². The van der Waals surface area contributed by atoms with Gasteiger partial charge in [0.25, 0.3) is 0 Å². The van der Waals surface area contributed by atoms with Gasteiger partial charge in [-0.15, -0.1) is 13.2 Å². The molecule has 0 aromatic heterocycles. The highest BCUT2D eigenvalue weighted by Gasteiger charge is 2.31. The molecule has 3 aromatic carbocycles. The van der Waals surface area contributed by atoms with Crippen molar-refractivity contribution in [1.82, 2.24) is 0 Å². The predicted molar refractivity (Wildman–Crippen MR) is 153 cm³/mol. The van der Waals surface area contributed by atoms with Crippen LogP contribution in [0, 0.1) is 0 Å². The van der Waals surface area contributed by atoms with Crippen LogP contribution in [0.2, 0.25) is 0 Å². The van der Waals surface area contributed by atoms with Crippen molar-refractivity contribution in [2.75, 3.05) is 24.7 Å². The first-order valence-corrected chi connectivity index (χ1v) is 13.3. The lowest BCUT2D eigenvalue weighted by atomic mass is 10.1. The molecule has 9 nitrogen and oxygen atoms in total. The van der Waals surface area contributed by atoms with Gasteiger partial charge < -0.3 is 30.4 Å². The number of carbonyl (C=O) groups is 3. The molecule has 0 saturated heterocycles. The summed E-state index contributed by atoms with van der Waals surface area (Å²) in [6.07, 6.45) is 2.01. The second kappa shape index (κ2) is 15.9. The van der Waals surface area contributed by atoms with Crippen molar-refractivity contribution in [2.45, 2.75) is 38.5 Å². The van der Waals surface area contributed by atoms with Gasteiger partial charge in [0.05, 0.1) is 24.3 Å². The van der Waals surface area contributed by atoms with Crippen molar-refractivity contribution in [3.63, 3.8) is 0 Å². The summed E-state index contributed by atoms with van der Waals surface area (Å²) < 4.78 is 56.2. The number of benzene rings is 3. The minimum Gasteiger partial charge on any atom is -0.463 e. The van der Waals surface area contributed by atoms with Crippen LogP contribution in [0.15, 0.2) is 72.8 Å². The highest BCUT2D eigenvalue weighted by atomic mass is 19.4. The Hall–Kier alpha value is -5.00. The molecule has 0 aliphatic carbocycles. The summed E-state index contributed by atoms with van der Waals surface area (Å²) in [5, 5.41) is 0. The number of esters is 3. The number of halogens is 3. The molecular formula is C31H31F3N2O7. The van der Waals surface area contributed by atoms with E-state index in [1.807, 2.05) is 0 Å². The van der Waals surface area contributed by atoms with E-state index >= 15 is 0 Å². The summed E-state index contributed by atoms with van der Waals surface area (Å²) >= 11 is 0. The van der Waals surface area contributed by atoms with E-state index in [1.54, 1.807) is 24.3 Å². The number of alkyl halides is 3. The van der Waals surface area contributed by atoms with E-state index in [9.17, 15) is 27.6 Å². The Kier molecular flexibility index (Phi) is 12.0. The van der Waals surface area contributed by atoms with Crippen LogP contribution in [0.3, 0.4) is 0 Å². The molecule has 0 aliphatic rings. The van der Waals surface area contributed by atoms with Crippen molar-refractivity contribution < 1.29 is 46.5 Å². The third-order valence-corrected chi connectivity index (χ3v) is 5.81. The zero-order chi connectivity index (χ0) is 31.2. The fourth-order valence-corrected chi connectivity index (χ4v) is 3.77. The Balaban J connectivity index is 1.27. The maximum absolute atomic E-state index is 12.3. The average Bonchev–Trinajstić information content (AvgIpc) is 2.94. The van der Waals surface area contributed by atoms with Gasteiger partial charge in [-0.05, 0) is 79.1 Å². The topological polar surface area (TPSA) is 140 Å². The lowest BCUT2D eigenvalue weighted by molar-refractivity contribution is -0.274. The van der Waals surface area contributed by atoms with Crippen LogP contribution in [0.25, 0.3) is 6.08 Å². The van der Waals surface area contributed by atoms with Crippen LogP contribution in [0.4, 0.5) is 24.5 Å². The fourth-order valence-electron chi connectivity index (χ4n) is 3.77. The number of carbonyl (C=O) groups excluding carboxylic acids is 3. The Morgan fingerprint density at radius 1 is 0.674 bits per heavy atom. The molecular weight excluding hydrogens is 569 g/mol. The van der Waals surface area contributed by atoms with E-state index in [-0.39, 0.29) is 24.5 Å². The summed E-state index contributed by atoms with van der Waals surface area (Å²) in [5.41, 5.74) is 13.2. The maximum atomic E-state index is 12.3. The zero-order valence-corrected chi connectivity index (χ0v) is 23.1. The molecule has 0 amide bonds. The molecule has 0 bridgehead atoms. The fraction of sp³-hybridized carbons (Fsp3) is 0.258. The molecule has 4 N–H and O–H groups in total. The third-order valence-electron chi connectivity index (χ3n) is 5.81. The third kappa shape index (κ3) is 12.2. The average molecular weight is 601 g/mol. The number of unbranched alkanes of at least 4 members (excludes halogenated alkanes) is 4. The summed E-state index contributed by atoms with van der Waals surface area (Å²) in [7, 11) is 0. The molecule has 0 unspecified atom stereocenters. The molecule has 0 aliphatic heterocycles. The van der Waals surface area contributed by atoms with Gasteiger partial charge >= 0.3 is 24.3 Å². The smallest absolute Gasteiger partial charge is 0.463 e. The van der Waals surface area contributed by atoms with Gasteiger partial charge in [-0.3, -0.25) is 0 Å². The van der Waals surface area contributed by atoms with E-state index < -0.39 is 30.0 Å². The van der Waals surface area contributed by atoms with Gasteiger partial charge in [0.2, 0.25) is 0 Å². The summed E-state index contributed by atoms with van der Waals surface area (Å²) in [5.74, 6) is -1.96. The number of hydrogen-bond acceptors (Lipinski definition) is 9.